The van der Waals surface area contributed by atoms with Gasteiger partial charge < -0.3 is 5.32 Å². The Morgan fingerprint density at radius 2 is 2.11 bits per heavy atom. The predicted molar refractivity (Wildman–Crippen MR) is 85.2 cm³/mol. The number of nitrogens with zero attached hydrogens (tertiary/aromatic N) is 2. The fourth-order valence-electron chi connectivity index (χ4n) is 1.99. The summed E-state index contributed by atoms with van der Waals surface area (Å²) in [5.41, 5.74) is 2.23. The average molecular weight is 387 g/mol. The van der Waals surface area contributed by atoms with Crippen LogP contribution in [0.15, 0.2) is 39.4 Å². The minimum atomic E-state index is 0.105. The second-order valence-corrected chi connectivity index (χ2v) is 6.24. The summed E-state index contributed by atoms with van der Waals surface area (Å²) >= 11 is 7.17. The van der Waals surface area contributed by atoms with Gasteiger partial charge in [-0.15, -0.1) is 0 Å². The summed E-state index contributed by atoms with van der Waals surface area (Å²) < 4.78 is 4.00. The lowest BCUT2D eigenvalue weighted by Gasteiger charge is -2.18. The van der Waals surface area contributed by atoms with E-state index < -0.39 is 0 Å². The maximum absolute atomic E-state index is 4.53. The molecule has 1 aromatic carbocycles. The van der Waals surface area contributed by atoms with E-state index in [2.05, 4.69) is 67.4 Å². The van der Waals surface area contributed by atoms with E-state index in [4.69, 9.17) is 0 Å². The van der Waals surface area contributed by atoms with E-state index in [-0.39, 0.29) is 6.04 Å². The quantitative estimate of drug-likeness (QED) is 0.840. The molecule has 0 bridgehead atoms. The summed E-state index contributed by atoms with van der Waals surface area (Å²) in [5.74, 6) is 0. The summed E-state index contributed by atoms with van der Waals surface area (Å²) in [4.78, 5) is 0. The third-order valence-corrected chi connectivity index (χ3v) is 4.11. The minimum absolute atomic E-state index is 0.105. The lowest BCUT2D eigenvalue weighted by atomic mass is 10.0. The molecule has 102 valence electrons. The van der Waals surface area contributed by atoms with E-state index in [9.17, 15) is 0 Å². The number of rotatable bonds is 5. The first-order valence-electron chi connectivity index (χ1n) is 6.29. The van der Waals surface area contributed by atoms with Crippen molar-refractivity contribution in [2.24, 2.45) is 7.05 Å². The second kappa shape index (κ2) is 6.68. The molecule has 1 unspecified atom stereocenters. The van der Waals surface area contributed by atoms with Gasteiger partial charge in [0.05, 0.1) is 11.7 Å². The van der Waals surface area contributed by atoms with Crippen molar-refractivity contribution in [3.8, 4) is 0 Å². The van der Waals surface area contributed by atoms with Gasteiger partial charge in [-0.3, -0.25) is 4.68 Å². The molecule has 0 amide bonds. The molecule has 0 aliphatic carbocycles. The van der Waals surface area contributed by atoms with Crippen LogP contribution in [-0.4, -0.2) is 16.3 Å². The normalized spacial score (nSPS) is 12.6. The summed E-state index contributed by atoms with van der Waals surface area (Å²) in [5, 5.41) is 8.09. The molecule has 0 saturated heterocycles. The summed E-state index contributed by atoms with van der Waals surface area (Å²) in [7, 11) is 1.94. The molecule has 0 aliphatic rings. The van der Waals surface area contributed by atoms with E-state index in [1.54, 1.807) is 0 Å². The first-order chi connectivity index (χ1) is 9.11. The second-order valence-electron chi connectivity index (χ2n) is 4.47. The van der Waals surface area contributed by atoms with E-state index >= 15 is 0 Å². The number of aryl methyl sites for hydroxylation is 1. The average Bonchev–Trinajstić information content (AvgIpc) is 2.80. The Morgan fingerprint density at radius 3 is 2.74 bits per heavy atom. The summed E-state index contributed by atoms with van der Waals surface area (Å²) in [6.07, 6.45) is 3.07. The molecule has 0 saturated carbocycles. The molecule has 2 aromatic rings. The van der Waals surface area contributed by atoms with Gasteiger partial charge in [0, 0.05) is 22.2 Å². The van der Waals surface area contributed by atoms with Gasteiger partial charge in [-0.1, -0.05) is 38.8 Å². The molecule has 19 heavy (non-hydrogen) atoms. The third-order valence-electron chi connectivity index (χ3n) is 2.90. The van der Waals surface area contributed by atoms with Crippen molar-refractivity contribution in [1.82, 2.24) is 15.1 Å². The molecule has 0 fully saturated rings. The largest absolute Gasteiger partial charge is 0.305 e. The molecular formula is C14H17Br2N3. The van der Waals surface area contributed by atoms with Crippen molar-refractivity contribution in [2.45, 2.75) is 19.4 Å². The van der Waals surface area contributed by atoms with Crippen LogP contribution in [0.5, 0.6) is 0 Å². The Labute approximate surface area is 130 Å². The predicted octanol–water partition coefficient (Wildman–Crippen LogP) is 4.03. The summed E-state index contributed by atoms with van der Waals surface area (Å²) in [6, 6.07) is 8.38. The zero-order valence-corrected chi connectivity index (χ0v) is 14.2. The zero-order chi connectivity index (χ0) is 13.8. The molecule has 2 rings (SSSR count). The van der Waals surface area contributed by atoms with Gasteiger partial charge in [-0.25, -0.2) is 0 Å². The fraction of sp³-hybridized carbons (Fsp3) is 0.357. The smallest absolute Gasteiger partial charge is 0.0839 e. The maximum Gasteiger partial charge on any atom is 0.0839 e. The molecule has 1 aromatic heterocycles. The van der Waals surface area contributed by atoms with E-state index in [0.29, 0.717) is 0 Å². The third kappa shape index (κ3) is 3.68. The monoisotopic (exact) mass is 385 g/mol. The van der Waals surface area contributed by atoms with Crippen LogP contribution in [0.2, 0.25) is 0 Å². The molecular weight excluding hydrogens is 370 g/mol. The first-order valence-corrected chi connectivity index (χ1v) is 7.88. The topological polar surface area (TPSA) is 29.9 Å². The minimum Gasteiger partial charge on any atom is -0.305 e. The number of hydrogen-bond donors (Lipinski definition) is 1. The van der Waals surface area contributed by atoms with Crippen LogP contribution in [0.1, 0.15) is 30.6 Å². The highest BCUT2D eigenvalue weighted by Crippen LogP contribution is 2.30. The highest BCUT2D eigenvalue weighted by atomic mass is 79.9. The Hall–Kier alpha value is -0.650. The lowest BCUT2D eigenvalue weighted by molar-refractivity contribution is 0.574. The van der Waals surface area contributed by atoms with Crippen molar-refractivity contribution < 1.29 is 0 Å². The van der Waals surface area contributed by atoms with Gasteiger partial charge >= 0.3 is 0 Å². The van der Waals surface area contributed by atoms with Crippen molar-refractivity contribution in [2.75, 3.05) is 6.54 Å². The van der Waals surface area contributed by atoms with Crippen molar-refractivity contribution in [3.05, 3.63) is 50.7 Å². The number of benzene rings is 1. The summed E-state index contributed by atoms with van der Waals surface area (Å²) in [6.45, 7) is 3.12. The van der Waals surface area contributed by atoms with Gasteiger partial charge in [-0.05, 0) is 42.8 Å². The van der Waals surface area contributed by atoms with E-state index in [0.717, 1.165) is 27.6 Å². The van der Waals surface area contributed by atoms with Crippen LogP contribution in [0.25, 0.3) is 0 Å². The van der Waals surface area contributed by atoms with Crippen LogP contribution in [-0.2, 0) is 7.05 Å². The van der Waals surface area contributed by atoms with Crippen LogP contribution in [0.3, 0.4) is 0 Å². The van der Waals surface area contributed by atoms with Crippen molar-refractivity contribution in [3.63, 3.8) is 0 Å². The Kier molecular flexibility index (Phi) is 5.19. The molecule has 1 heterocycles. The molecule has 3 nitrogen and oxygen atoms in total. The van der Waals surface area contributed by atoms with Crippen LogP contribution >= 0.6 is 31.9 Å². The number of nitrogens with one attached hydrogen (secondary N) is 1. The maximum atomic E-state index is 4.53. The van der Waals surface area contributed by atoms with Gasteiger partial charge in [0.15, 0.2) is 0 Å². The molecule has 1 atom stereocenters. The Balaban J connectivity index is 2.39. The zero-order valence-electron chi connectivity index (χ0n) is 11.0. The Bertz CT molecular complexity index is 551. The standard InChI is InChI=1S/C14H17Br2N3/c1-3-7-17-14(13-6-8-19(2)18-13)11-9-10(15)4-5-12(11)16/h4-6,8-9,14,17H,3,7H2,1-2H3. The molecule has 1 N–H and O–H groups in total. The van der Waals surface area contributed by atoms with Crippen LogP contribution in [0.4, 0.5) is 0 Å². The molecule has 0 aliphatic heterocycles. The van der Waals surface area contributed by atoms with Gasteiger partial charge in [0.2, 0.25) is 0 Å². The molecule has 0 spiro atoms. The van der Waals surface area contributed by atoms with E-state index in [1.807, 2.05) is 24.0 Å². The van der Waals surface area contributed by atoms with Gasteiger partial charge in [0.25, 0.3) is 0 Å². The Morgan fingerprint density at radius 1 is 1.32 bits per heavy atom. The number of hydrogen-bond acceptors (Lipinski definition) is 2. The van der Waals surface area contributed by atoms with Crippen LogP contribution in [0, 0.1) is 0 Å². The number of halogens is 2. The van der Waals surface area contributed by atoms with E-state index in [1.165, 1.54) is 5.56 Å². The van der Waals surface area contributed by atoms with Crippen molar-refractivity contribution >= 4 is 31.9 Å². The van der Waals surface area contributed by atoms with Gasteiger partial charge in [-0.2, -0.15) is 5.10 Å². The first kappa shape index (κ1) is 14.8. The number of aromatic nitrogens is 2. The fourth-order valence-corrected chi connectivity index (χ4v) is 2.84. The highest BCUT2D eigenvalue weighted by molar-refractivity contribution is 9.11. The molecule has 5 heteroatoms. The van der Waals surface area contributed by atoms with Gasteiger partial charge in [0.1, 0.15) is 0 Å². The lowest BCUT2D eigenvalue weighted by Crippen LogP contribution is -2.24. The highest BCUT2D eigenvalue weighted by Gasteiger charge is 2.18. The SMILES string of the molecule is CCCNC(c1ccn(C)n1)c1cc(Br)ccc1Br. The van der Waals surface area contributed by atoms with Crippen LogP contribution < -0.4 is 5.32 Å². The molecule has 0 radical (unpaired) electrons. The van der Waals surface area contributed by atoms with Crippen molar-refractivity contribution in [1.29, 1.82) is 0 Å².